The topological polar surface area (TPSA) is 32.3 Å². The zero-order chi connectivity index (χ0) is 19.1. The highest BCUT2D eigenvalue weighted by Gasteiger charge is 2.12. The molecule has 3 nitrogen and oxygen atoms in total. The second-order valence-electron chi connectivity index (χ2n) is 7.11. The van der Waals surface area contributed by atoms with Gasteiger partial charge in [0.2, 0.25) is 5.91 Å². The average molecular weight is 361 g/mol. The Morgan fingerprint density at radius 3 is 2.48 bits per heavy atom. The van der Waals surface area contributed by atoms with E-state index in [-0.39, 0.29) is 5.91 Å². The Kier molecular flexibility index (Phi) is 6.61. The monoisotopic (exact) mass is 360 g/mol. The van der Waals surface area contributed by atoms with Gasteiger partial charge in [0.05, 0.1) is 6.54 Å². The molecule has 0 fully saturated rings. The second-order valence-corrected chi connectivity index (χ2v) is 7.11. The van der Waals surface area contributed by atoms with Crippen LogP contribution in [0.5, 0.6) is 0 Å². The Morgan fingerprint density at radius 2 is 1.70 bits per heavy atom. The summed E-state index contributed by atoms with van der Waals surface area (Å²) in [5.41, 5.74) is 3.22. The maximum atomic E-state index is 12.6. The SMILES string of the molecule is CCCCN(CC(=O)Nc1ccccc1C)Cc1ccc2ccccc2c1. The van der Waals surface area contributed by atoms with Crippen molar-refractivity contribution >= 4 is 22.4 Å². The Balaban J connectivity index is 1.68. The number of hydrogen-bond donors (Lipinski definition) is 1. The van der Waals surface area contributed by atoms with Gasteiger partial charge in [-0.25, -0.2) is 0 Å². The van der Waals surface area contributed by atoms with Gasteiger partial charge in [-0.05, 0) is 53.9 Å². The van der Waals surface area contributed by atoms with Gasteiger partial charge in [0, 0.05) is 12.2 Å². The molecule has 0 atom stereocenters. The molecule has 0 unspecified atom stereocenters. The Morgan fingerprint density at radius 1 is 0.963 bits per heavy atom. The normalized spacial score (nSPS) is 11.1. The molecule has 140 valence electrons. The summed E-state index contributed by atoms with van der Waals surface area (Å²) in [4.78, 5) is 14.8. The largest absolute Gasteiger partial charge is 0.325 e. The molecule has 0 saturated carbocycles. The molecule has 0 aliphatic heterocycles. The molecule has 3 aromatic rings. The number of para-hydroxylation sites is 1. The molecule has 0 heterocycles. The summed E-state index contributed by atoms with van der Waals surface area (Å²) in [5, 5.41) is 5.55. The van der Waals surface area contributed by atoms with Crippen molar-refractivity contribution in [3.63, 3.8) is 0 Å². The van der Waals surface area contributed by atoms with Crippen LogP contribution in [0.15, 0.2) is 66.7 Å². The van der Waals surface area contributed by atoms with E-state index in [0.29, 0.717) is 6.54 Å². The van der Waals surface area contributed by atoms with Crippen molar-refractivity contribution in [3.8, 4) is 0 Å². The van der Waals surface area contributed by atoms with Crippen LogP contribution in [0.3, 0.4) is 0 Å². The summed E-state index contributed by atoms with van der Waals surface area (Å²) in [7, 11) is 0. The first kappa shape index (κ1) is 19.1. The van der Waals surface area contributed by atoms with Crippen LogP contribution in [0.1, 0.15) is 30.9 Å². The molecule has 1 N–H and O–H groups in total. The maximum Gasteiger partial charge on any atom is 0.238 e. The number of aryl methyl sites for hydroxylation is 1. The number of carbonyl (C=O) groups excluding carboxylic acids is 1. The smallest absolute Gasteiger partial charge is 0.238 e. The fourth-order valence-corrected chi connectivity index (χ4v) is 3.30. The predicted molar refractivity (Wildman–Crippen MR) is 114 cm³/mol. The molecule has 0 spiro atoms. The zero-order valence-electron chi connectivity index (χ0n) is 16.2. The van der Waals surface area contributed by atoms with Crippen LogP contribution in [0.2, 0.25) is 0 Å². The number of amides is 1. The number of nitrogens with one attached hydrogen (secondary N) is 1. The van der Waals surface area contributed by atoms with E-state index in [1.54, 1.807) is 0 Å². The molecule has 3 aromatic carbocycles. The molecule has 0 radical (unpaired) electrons. The van der Waals surface area contributed by atoms with Crippen molar-refractivity contribution in [2.45, 2.75) is 33.2 Å². The van der Waals surface area contributed by atoms with Gasteiger partial charge in [0.1, 0.15) is 0 Å². The van der Waals surface area contributed by atoms with E-state index >= 15 is 0 Å². The van der Waals surface area contributed by atoms with Crippen LogP contribution in [0.25, 0.3) is 10.8 Å². The van der Waals surface area contributed by atoms with Gasteiger partial charge in [-0.1, -0.05) is 67.9 Å². The quantitative estimate of drug-likeness (QED) is 0.584. The van der Waals surface area contributed by atoms with Gasteiger partial charge >= 0.3 is 0 Å². The third kappa shape index (κ3) is 5.41. The molecular weight excluding hydrogens is 332 g/mol. The highest BCUT2D eigenvalue weighted by Crippen LogP contribution is 2.18. The standard InChI is InChI=1S/C24H28N2O/c1-3-4-15-26(18-24(27)25-23-12-8-5-9-19(23)2)17-20-13-14-21-10-6-7-11-22(21)16-20/h5-14,16H,3-4,15,17-18H2,1-2H3,(H,25,27). The fourth-order valence-electron chi connectivity index (χ4n) is 3.30. The highest BCUT2D eigenvalue weighted by molar-refractivity contribution is 5.93. The first-order valence-corrected chi connectivity index (χ1v) is 9.71. The minimum Gasteiger partial charge on any atom is -0.325 e. The van der Waals surface area contributed by atoms with Crippen LogP contribution in [0.4, 0.5) is 5.69 Å². The number of fused-ring (bicyclic) bond motifs is 1. The van der Waals surface area contributed by atoms with Crippen LogP contribution >= 0.6 is 0 Å². The number of carbonyl (C=O) groups is 1. The molecule has 27 heavy (non-hydrogen) atoms. The van der Waals surface area contributed by atoms with Gasteiger partial charge in [-0.15, -0.1) is 0 Å². The van der Waals surface area contributed by atoms with Crippen LogP contribution in [0, 0.1) is 6.92 Å². The van der Waals surface area contributed by atoms with Crippen molar-refractivity contribution in [1.29, 1.82) is 0 Å². The lowest BCUT2D eigenvalue weighted by Crippen LogP contribution is -2.33. The molecular formula is C24H28N2O. The Labute approximate surface area is 162 Å². The lowest BCUT2D eigenvalue weighted by atomic mass is 10.1. The summed E-state index contributed by atoms with van der Waals surface area (Å²) in [6, 6.07) is 22.9. The molecule has 1 amide bonds. The van der Waals surface area contributed by atoms with E-state index in [0.717, 1.165) is 37.2 Å². The molecule has 0 aliphatic carbocycles. The highest BCUT2D eigenvalue weighted by atomic mass is 16.2. The average Bonchev–Trinajstić information content (AvgIpc) is 2.68. The van der Waals surface area contributed by atoms with Gasteiger partial charge in [0.25, 0.3) is 0 Å². The summed E-state index contributed by atoms with van der Waals surface area (Å²) in [6.07, 6.45) is 2.21. The van der Waals surface area contributed by atoms with Crippen molar-refractivity contribution in [1.82, 2.24) is 4.90 Å². The number of benzene rings is 3. The van der Waals surface area contributed by atoms with Gasteiger partial charge < -0.3 is 5.32 Å². The van der Waals surface area contributed by atoms with Crippen molar-refractivity contribution in [2.24, 2.45) is 0 Å². The number of nitrogens with zero attached hydrogens (tertiary/aromatic N) is 1. The van der Waals surface area contributed by atoms with Gasteiger partial charge in [0.15, 0.2) is 0 Å². The minimum atomic E-state index is 0.0428. The van der Waals surface area contributed by atoms with Crippen molar-refractivity contribution in [3.05, 3.63) is 77.9 Å². The van der Waals surface area contributed by atoms with Crippen LogP contribution in [-0.2, 0) is 11.3 Å². The molecule has 0 bridgehead atoms. The Hall–Kier alpha value is -2.65. The van der Waals surface area contributed by atoms with Crippen LogP contribution < -0.4 is 5.32 Å². The summed E-state index contributed by atoms with van der Waals surface area (Å²) in [5.74, 6) is 0.0428. The van der Waals surface area contributed by atoms with E-state index in [4.69, 9.17) is 0 Å². The van der Waals surface area contributed by atoms with E-state index in [9.17, 15) is 4.79 Å². The first-order chi connectivity index (χ1) is 13.2. The molecule has 0 aromatic heterocycles. The van der Waals surface area contributed by atoms with E-state index in [1.165, 1.54) is 16.3 Å². The first-order valence-electron chi connectivity index (χ1n) is 9.71. The van der Waals surface area contributed by atoms with E-state index in [2.05, 4.69) is 59.6 Å². The van der Waals surface area contributed by atoms with E-state index in [1.807, 2.05) is 31.2 Å². The van der Waals surface area contributed by atoms with Gasteiger partial charge in [-0.3, -0.25) is 9.69 Å². The zero-order valence-corrected chi connectivity index (χ0v) is 16.2. The third-order valence-corrected chi connectivity index (χ3v) is 4.83. The van der Waals surface area contributed by atoms with Crippen molar-refractivity contribution < 1.29 is 4.79 Å². The maximum absolute atomic E-state index is 12.6. The minimum absolute atomic E-state index is 0.0428. The molecule has 0 aliphatic rings. The predicted octanol–water partition coefficient (Wildman–Crippen LogP) is 5.39. The lowest BCUT2D eigenvalue weighted by Gasteiger charge is -2.22. The van der Waals surface area contributed by atoms with E-state index < -0.39 is 0 Å². The Bertz CT molecular complexity index is 904. The van der Waals surface area contributed by atoms with Crippen LogP contribution in [-0.4, -0.2) is 23.9 Å². The summed E-state index contributed by atoms with van der Waals surface area (Å²) >= 11 is 0. The summed E-state index contributed by atoms with van der Waals surface area (Å²) in [6.45, 7) is 6.30. The van der Waals surface area contributed by atoms with Gasteiger partial charge in [-0.2, -0.15) is 0 Å². The number of unbranched alkanes of at least 4 members (excludes halogenated alkanes) is 1. The second kappa shape index (κ2) is 9.33. The third-order valence-electron chi connectivity index (χ3n) is 4.83. The molecule has 3 rings (SSSR count). The summed E-state index contributed by atoms with van der Waals surface area (Å²) < 4.78 is 0. The fraction of sp³-hybridized carbons (Fsp3) is 0.292. The number of anilines is 1. The molecule has 3 heteroatoms. The number of rotatable bonds is 8. The van der Waals surface area contributed by atoms with Crippen molar-refractivity contribution in [2.75, 3.05) is 18.4 Å². The lowest BCUT2D eigenvalue weighted by molar-refractivity contribution is -0.117. The molecule has 0 saturated heterocycles. The number of hydrogen-bond acceptors (Lipinski definition) is 2.